The molecule has 0 aromatic heterocycles. The van der Waals surface area contributed by atoms with Crippen LogP contribution in [0.15, 0.2) is 78.9 Å². The second-order valence-electron chi connectivity index (χ2n) is 8.51. The van der Waals surface area contributed by atoms with Gasteiger partial charge in [-0.2, -0.15) is 0 Å². The normalized spacial score (nSPS) is 10.8. The molecule has 0 aliphatic rings. The zero-order chi connectivity index (χ0) is 26.2. The molecule has 0 saturated carbocycles. The third-order valence-electron chi connectivity index (χ3n) is 5.91. The van der Waals surface area contributed by atoms with E-state index >= 15 is 8.78 Å². The summed E-state index contributed by atoms with van der Waals surface area (Å²) in [6, 6.07) is 21.3. The molecule has 0 heterocycles. The first-order valence-corrected chi connectivity index (χ1v) is 12.4. The van der Waals surface area contributed by atoms with Crippen molar-refractivity contribution in [3.63, 3.8) is 0 Å². The summed E-state index contributed by atoms with van der Waals surface area (Å²) in [7, 11) is 0. The molecular formula is C31H29F3O3. The van der Waals surface area contributed by atoms with E-state index in [1.807, 2.05) is 6.92 Å². The van der Waals surface area contributed by atoms with Crippen molar-refractivity contribution in [3.05, 3.63) is 102 Å². The van der Waals surface area contributed by atoms with Gasteiger partial charge < -0.3 is 14.2 Å². The maximum atomic E-state index is 15.0. The number of ether oxygens (including phenoxy) is 3. The Morgan fingerprint density at radius 1 is 0.595 bits per heavy atom. The average Bonchev–Trinajstić information content (AvgIpc) is 2.91. The SMILES string of the molecule is CCCCOc1ccc(-c2ccc(-c3ccc(OCc4ccc(OCC)cc4F)cc3)c(F)c2F)cc1. The Morgan fingerprint density at radius 3 is 1.65 bits per heavy atom. The second kappa shape index (κ2) is 12.3. The third-order valence-corrected chi connectivity index (χ3v) is 5.91. The topological polar surface area (TPSA) is 27.7 Å². The van der Waals surface area contributed by atoms with Gasteiger partial charge in [-0.15, -0.1) is 0 Å². The molecule has 3 nitrogen and oxygen atoms in total. The Hall–Kier alpha value is -3.93. The van der Waals surface area contributed by atoms with Gasteiger partial charge in [0.05, 0.1) is 13.2 Å². The number of benzene rings is 4. The Balaban J connectivity index is 1.44. The summed E-state index contributed by atoms with van der Waals surface area (Å²) in [5, 5.41) is 0. The second-order valence-corrected chi connectivity index (χ2v) is 8.51. The van der Waals surface area contributed by atoms with E-state index in [1.54, 1.807) is 72.8 Å². The first kappa shape index (κ1) is 26.1. The molecule has 4 rings (SSSR count). The van der Waals surface area contributed by atoms with E-state index in [-0.39, 0.29) is 17.7 Å². The molecule has 6 heteroatoms. The van der Waals surface area contributed by atoms with Crippen LogP contribution in [0.4, 0.5) is 13.2 Å². The van der Waals surface area contributed by atoms with Crippen molar-refractivity contribution in [2.45, 2.75) is 33.3 Å². The third kappa shape index (κ3) is 6.45. The van der Waals surface area contributed by atoms with E-state index in [9.17, 15) is 4.39 Å². The minimum absolute atomic E-state index is 0.0255. The number of hydrogen-bond acceptors (Lipinski definition) is 3. The molecule has 192 valence electrons. The molecule has 0 bridgehead atoms. The van der Waals surface area contributed by atoms with Crippen LogP contribution in [0.3, 0.4) is 0 Å². The highest BCUT2D eigenvalue weighted by Crippen LogP contribution is 2.33. The van der Waals surface area contributed by atoms with Crippen molar-refractivity contribution in [2.24, 2.45) is 0 Å². The van der Waals surface area contributed by atoms with Crippen molar-refractivity contribution in [3.8, 4) is 39.5 Å². The first-order valence-electron chi connectivity index (χ1n) is 12.4. The predicted octanol–water partition coefficient (Wildman–Crippen LogP) is 8.59. The van der Waals surface area contributed by atoms with Crippen molar-refractivity contribution in [2.75, 3.05) is 13.2 Å². The molecular weight excluding hydrogens is 477 g/mol. The standard InChI is InChI=1S/C31H29F3O3/c1-3-5-18-36-24-11-6-21(7-12-24)27-16-17-28(31(34)30(27)33)22-8-13-25(14-9-22)37-20-23-10-15-26(35-4-2)19-29(23)32/h6-17,19H,3-5,18,20H2,1-2H3. The first-order chi connectivity index (χ1) is 18.0. The summed E-state index contributed by atoms with van der Waals surface area (Å²) >= 11 is 0. The van der Waals surface area contributed by atoms with Crippen molar-refractivity contribution < 1.29 is 27.4 Å². The largest absolute Gasteiger partial charge is 0.494 e. The van der Waals surface area contributed by atoms with Gasteiger partial charge in [0.1, 0.15) is 29.7 Å². The van der Waals surface area contributed by atoms with Gasteiger partial charge in [0.15, 0.2) is 11.6 Å². The van der Waals surface area contributed by atoms with Crippen molar-refractivity contribution in [1.29, 1.82) is 0 Å². The molecule has 0 unspecified atom stereocenters. The van der Waals surface area contributed by atoms with E-state index in [2.05, 4.69) is 6.92 Å². The maximum absolute atomic E-state index is 15.0. The number of rotatable bonds is 11. The molecule has 37 heavy (non-hydrogen) atoms. The molecule has 0 spiro atoms. The zero-order valence-electron chi connectivity index (χ0n) is 20.9. The van der Waals surface area contributed by atoms with Gasteiger partial charge in [-0.3, -0.25) is 0 Å². The van der Waals surface area contributed by atoms with Crippen LogP contribution < -0.4 is 14.2 Å². The lowest BCUT2D eigenvalue weighted by Crippen LogP contribution is -2.00. The summed E-state index contributed by atoms with van der Waals surface area (Å²) in [5.41, 5.74) is 1.78. The molecule has 0 radical (unpaired) electrons. The number of hydrogen-bond donors (Lipinski definition) is 0. The molecule has 0 fully saturated rings. The quantitative estimate of drug-likeness (QED) is 0.191. The van der Waals surface area contributed by atoms with E-state index in [0.717, 1.165) is 12.8 Å². The van der Waals surface area contributed by atoms with Crippen LogP contribution in [0, 0.1) is 17.5 Å². The van der Waals surface area contributed by atoms with Gasteiger partial charge in [0.2, 0.25) is 0 Å². The highest BCUT2D eigenvalue weighted by molar-refractivity contribution is 5.72. The monoisotopic (exact) mass is 506 g/mol. The van der Waals surface area contributed by atoms with Crippen LogP contribution in [0.1, 0.15) is 32.3 Å². The summed E-state index contributed by atoms with van der Waals surface area (Å²) in [5.74, 6) is -0.618. The molecule has 0 amide bonds. The molecule has 0 N–H and O–H groups in total. The van der Waals surface area contributed by atoms with Gasteiger partial charge in [0, 0.05) is 22.8 Å². The van der Waals surface area contributed by atoms with Gasteiger partial charge in [-0.1, -0.05) is 49.7 Å². The van der Waals surface area contributed by atoms with Gasteiger partial charge >= 0.3 is 0 Å². The molecule has 0 saturated heterocycles. The van der Waals surface area contributed by atoms with Crippen LogP contribution in [0.25, 0.3) is 22.3 Å². The Bertz CT molecular complexity index is 1320. The van der Waals surface area contributed by atoms with Crippen molar-refractivity contribution >= 4 is 0 Å². The van der Waals surface area contributed by atoms with Crippen LogP contribution in [0.2, 0.25) is 0 Å². The van der Waals surface area contributed by atoms with Crippen LogP contribution >= 0.6 is 0 Å². The fourth-order valence-electron chi connectivity index (χ4n) is 3.85. The zero-order valence-corrected chi connectivity index (χ0v) is 20.9. The predicted molar refractivity (Wildman–Crippen MR) is 140 cm³/mol. The minimum Gasteiger partial charge on any atom is -0.494 e. The average molecular weight is 507 g/mol. The summed E-state index contributed by atoms with van der Waals surface area (Å²) in [4.78, 5) is 0. The Morgan fingerprint density at radius 2 is 1.14 bits per heavy atom. The summed E-state index contributed by atoms with van der Waals surface area (Å²) in [6.45, 7) is 5.02. The van der Waals surface area contributed by atoms with Gasteiger partial charge in [-0.25, -0.2) is 13.2 Å². The van der Waals surface area contributed by atoms with Gasteiger partial charge in [0.25, 0.3) is 0 Å². The van der Waals surface area contributed by atoms with E-state index in [0.29, 0.717) is 47.2 Å². The lowest BCUT2D eigenvalue weighted by Gasteiger charge is -2.12. The van der Waals surface area contributed by atoms with E-state index < -0.39 is 17.5 Å². The van der Waals surface area contributed by atoms with Crippen LogP contribution in [-0.4, -0.2) is 13.2 Å². The molecule has 0 aliphatic carbocycles. The Labute approximate surface area is 215 Å². The summed E-state index contributed by atoms with van der Waals surface area (Å²) in [6.07, 6.45) is 1.99. The summed E-state index contributed by atoms with van der Waals surface area (Å²) < 4.78 is 60.9. The Kier molecular flexibility index (Phi) is 8.72. The van der Waals surface area contributed by atoms with Gasteiger partial charge in [-0.05, 0) is 60.9 Å². The number of halogens is 3. The lowest BCUT2D eigenvalue weighted by molar-refractivity contribution is 0.298. The maximum Gasteiger partial charge on any atom is 0.167 e. The fourth-order valence-corrected chi connectivity index (χ4v) is 3.85. The smallest absolute Gasteiger partial charge is 0.167 e. The van der Waals surface area contributed by atoms with Crippen LogP contribution in [0.5, 0.6) is 17.2 Å². The van der Waals surface area contributed by atoms with E-state index in [1.165, 1.54) is 6.07 Å². The lowest BCUT2D eigenvalue weighted by atomic mass is 9.98. The molecule has 4 aromatic carbocycles. The van der Waals surface area contributed by atoms with E-state index in [4.69, 9.17) is 14.2 Å². The number of unbranched alkanes of at least 4 members (excludes halogenated alkanes) is 1. The molecule has 0 aliphatic heterocycles. The molecule has 0 atom stereocenters. The van der Waals surface area contributed by atoms with Crippen molar-refractivity contribution in [1.82, 2.24) is 0 Å². The minimum atomic E-state index is -0.925. The highest BCUT2D eigenvalue weighted by atomic mass is 19.2. The fraction of sp³-hybridized carbons (Fsp3) is 0.226. The van der Waals surface area contributed by atoms with Crippen LogP contribution in [-0.2, 0) is 6.61 Å². The molecule has 4 aromatic rings. The highest BCUT2D eigenvalue weighted by Gasteiger charge is 2.16.